The van der Waals surface area contributed by atoms with Crippen molar-refractivity contribution in [2.45, 2.75) is 50.5 Å². The summed E-state index contributed by atoms with van der Waals surface area (Å²) in [4.78, 5) is 14.6. The number of carbonyl (C=O) groups excluding carboxylic acids is 1. The highest BCUT2D eigenvalue weighted by molar-refractivity contribution is 5.78. The van der Waals surface area contributed by atoms with E-state index >= 15 is 0 Å². The Morgan fingerprint density at radius 2 is 2.16 bits per heavy atom. The standard InChI is InChI=1S/C18H23F3N2O2/c1-12(13-3-2-4-14(9-13)18(19,20)21)23(16-5-6-16)17(24)10-15-11-25-8-7-22-15/h2-4,9,12,15-16,22H,5-8,10-11H2,1H3. The Hall–Kier alpha value is -1.60. The summed E-state index contributed by atoms with van der Waals surface area (Å²) in [6.45, 7) is 3.64. The lowest BCUT2D eigenvalue weighted by atomic mass is 10.0. The highest BCUT2D eigenvalue weighted by Gasteiger charge is 2.38. The second kappa shape index (κ2) is 7.33. The zero-order chi connectivity index (χ0) is 18.0. The third-order valence-corrected chi connectivity index (χ3v) is 4.76. The van der Waals surface area contributed by atoms with Gasteiger partial charge in [-0.3, -0.25) is 4.79 Å². The minimum absolute atomic E-state index is 0.0313. The summed E-state index contributed by atoms with van der Waals surface area (Å²) < 4.78 is 44.3. The largest absolute Gasteiger partial charge is 0.416 e. The lowest BCUT2D eigenvalue weighted by molar-refractivity contribution is -0.137. The molecule has 1 amide bonds. The van der Waals surface area contributed by atoms with E-state index in [4.69, 9.17) is 4.74 Å². The predicted octanol–water partition coefficient (Wildman–Crippen LogP) is 3.14. The highest BCUT2D eigenvalue weighted by Crippen LogP contribution is 2.37. The average Bonchev–Trinajstić information content (AvgIpc) is 3.40. The number of carbonyl (C=O) groups is 1. The van der Waals surface area contributed by atoms with Gasteiger partial charge < -0.3 is 15.0 Å². The Kier molecular flexibility index (Phi) is 5.34. The van der Waals surface area contributed by atoms with Crippen LogP contribution in [0.4, 0.5) is 13.2 Å². The fourth-order valence-corrected chi connectivity index (χ4v) is 3.29. The van der Waals surface area contributed by atoms with Crippen molar-refractivity contribution in [3.8, 4) is 0 Å². The summed E-state index contributed by atoms with van der Waals surface area (Å²) in [5, 5.41) is 3.25. The first-order valence-electron chi connectivity index (χ1n) is 8.65. The van der Waals surface area contributed by atoms with Gasteiger partial charge in [0.05, 0.1) is 24.8 Å². The molecular weight excluding hydrogens is 333 g/mol. The van der Waals surface area contributed by atoms with Crippen molar-refractivity contribution in [1.29, 1.82) is 0 Å². The van der Waals surface area contributed by atoms with Gasteiger partial charge in [-0.05, 0) is 37.5 Å². The quantitative estimate of drug-likeness (QED) is 0.881. The number of rotatable bonds is 5. The molecular formula is C18H23F3N2O2. The van der Waals surface area contributed by atoms with E-state index in [1.165, 1.54) is 6.07 Å². The number of halogens is 3. The molecule has 1 aliphatic carbocycles. The molecule has 1 aromatic carbocycles. The molecule has 7 heteroatoms. The zero-order valence-electron chi connectivity index (χ0n) is 14.2. The van der Waals surface area contributed by atoms with Crippen molar-refractivity contribution in [2.75, 3.05) is 19.8 Å². The fraction of sp³-hybridized carbons (Fsp3) is 0.611. The van der Waals surface area contributed by atoms with Crippen molar-refractivity contribution < 1.29 is 22.7 Å². The third kappa shape index (κ3) is 4.52. The second-order valence-electron chi connectivity index (χ2n) is 6.76. The van der Waals surface area contributed by atoms with Crippen LogP contribution < -0.4 is 5.32 Å². The predicted molar refractivity (Wildman–Crippen MR) is 87.0 cm³/mol. The van der Waals surface area contributed by atoms with Crippen LogP contribution in [0, 0.1) is 0 Å². The first-order chi connectivity index (χ1) is 11.9. The Bertz CT molecular complexity index is 611. The summed E-state index contributed by atoms with van der Waals surface area (Å²) in [5.74, 6) is -0.0320. The summed E-state index contributed by atoms with van der Waals surface area (Å²) >= 11 is 0. The van der Waals surface area contributed by atoms with Crippen molar-refractivity contribution in [2.24, 2.45) is 0 Å². The van der Waals surface area contributed by atoms with E-state index in [-0.39, 0.29) is 24.0 Å². The van der Waals surface area contributed by atoms with Crippen LogP contribution in [0.3, 0.4) is 0 Å². The molecule has 2 unspecified atom stereocenters. The molecule has 1 saturated carbocycles. The molecule has 0 spiro atoms. The molecule has 1 heterocycles. The van der Waals surface area contributed by atoms with Crippen LogP contribution in [0.5, 0.6) is 0 Å². The van der Waals surface area contributed by atoms with Crippen molar-refractivity contribution >= 4 is 5.91 Å². The summed E-state index contributed by atoms with van der Waals surface area (Å²) in [7, 11) is 0. The molecule has 0 radical (unpaired) electrons. The number of alkyl halides is 3. The number of nitrogens with one attached hydrogen (secondary N) is 1. The normalized spacial score (nSPS) is 22.5. The number of nitrogens with zero attached hydrogens (tertiary/aromatic N) is 1. The van der Waals surface area contributed by atoms with Gasteiger partial charge in [-0.2, -0.15) is 13.2 Å². The van der Waals surface area contributed by atoms with Gasteiger partial charge in [-0.25, -0.2) is 0 Å². The van der Waals surface area contributed by atoms with Crippen LogP contribution in [0.25, 0.3) is 0 Å². The van der Waals surface area contributed by atoms with E-state index in [1.807, 2.05) is 0 Å². The maximum Gasteiger partial charge on any atom is 0.416 e. The van der Waals surface area contributed by atoms with Gasteiger partial charge in [0.2, 0.25) is 5.91 Å². The smallest absolute Gasteiger partial charge is 0.378 e. The average molecular weight is 356 g/mol. The maximum absolute atomic E-state index is 13.0. The molecule has 1 aliphatic heterocycles. The molecule has 3 rings (SSSR count). The molecule has 1 aromatic rings. The van der Waals surface area contributed by atoms with Gasteiger partial charge in [0.25, 0.3) is 0 Å². The van der Waals surface area contributed by atoms with Crippen LogP contribution in [-0.4, -0.2) is 42.6 Å². The number of ether oxygens (including phenoxy) is 1. The van der Waals surface area contributed by atoms with Gasteiger partial charge in [0, 0.05) is 25.0 Å². The van der Waals surface area contributed by atoms with Crippen molar-refractivity contribution in [3.63, 3.8) is 0 Å². The number of amides is 1. The Morgan fingerprint density at radius 1 is 1.40 bits per heavy atom. The SMILES string of the molecule is CC(c1cccc(C(F)(F)F)c1)N(C(=O)CC1COCCN1)C1CC1. The minimum atomic E-state index is -4.38. The Labute approximate surface area is 145 Å². The molecule has 4 nitrogen and oxygen atoms in total. The van der Waals surface area contributed by atoms with E-state index in [9.17, 15) is 18.0 Å². The lowest BCUT2D eigenvalue weighted by Crippen LogP contribution is -2.46. The molecule has 2 aliphatic rings. The van der Waals surface area contributed by atoms with Crippen LogP contribution in [-0.2, 0) is 15.7 Å². The Balaban J connectivity index is 1.74. The van der Waals surface area contributed by atoms with Gasteiger partial charge in [0.15, 0.2) is 0 Å². The molecule has 2 fully saturated rings. The summed E-state index contributed by atoms with van der Waals surface area (Å²) in [6.07, 6.45) is -2.26. The molecule has 138 valence electrons. The van der Waals surface area contributed by atoms with Crippen LogP contribution in [0.2, 0.25) is 0 Å². The maximum atomic E-state index is 13.0. The zero-order valence-corrected chi connectivity index (χ0v) is 14.2. The van der Waals surface area contributed by atoms with Gasteiger partial charge in [0.1, 0.15) is 0 Å². The number of hydrogen-bond acceptors (Lipinski definition) is 3. The number of hydrogen-bond donors (Lipinski definition) is 1. The van der Waals surface area contributed by atoms with E-state index in [1.54, 1.807) is 17.9 Å². The van der Waals surface area contributed by atoms with E-state index in [2.05, 4.69) is 5.32 Å². The molecule has 1 N–H and O–H groups in total. The fourth-order valence-electron chi connectivity index (χ4n) is 3.29. The van der Waals surface area contributed by atoms with Crippen LogP contribution in [0.15, 0.2) is 24.3 Å². The Morgan fingerprint density at radius 3 is 2.76 bits per heavy atom. The summed E-state index contributed by atoms with van der Waals surface area (Å²) in [5.41, 5.74) is -0.162. The second-order valence-corrected chi connectivity index (χ2v) is 6.76. The molecule has 0 bridgehead atoms. The highest BCUT2D eigenvalue weighted by atomic mass is 19.4. The summed E-state index contributed by atoms with van der Waals surface area (Å²) in [6, 6.07) is 4.98. The first kappa shape index (κ1) is 18.2. The monoisotopic (exact) mass is 356 g/mol. The van der Waals surface area contributed by atoms with Crippen molar-refractivity contribution in [1.82, 2.24) is 10.2 Å². The van der Waals surface area contributed by atoms with Crippen LogP contribution >= 0.6 is 0 Å². The minimum Gasteiger partial charge on any atom is -0.378 e. The van der Waals surface area contributed by atoms with E-state index in [0.717, 1.165) is 25.0 Å². The lowest BCUT2D eigenvalue weighted by Gasteiger charge is -2.32. The molecule has 1 saturated heterocycles. The van der Waals surface area contributed by atoms with Gasteiger partial charge in [-0.1, -0.05) is 12.1 Å². The molecule has 2 atom stereocenters. The van der Waals surface area contributed by atoms with Crippen molar-refractivity contribution in [3.05, 3.63) is 35.4 Å². The van der Waals surface area contributed by atoms with E-state index < -0.39 is 11.7 Å². The van der Waals surface area contributed by atoms with Gasteiger partial charge in [-0.15, -0.1) is 0 Å². The molecule has 0 aromatic heterocycles. The first-order valence-corrected chi connectivity index (χ1v) is 8.65. The number of morpholine rings is 1. The van der Waals surface area contributed by atoms with E-state index in [0.29, 0.717) is 31.7 Å². The third-order valence-electron chi connectivity index (χ3n) is 4.76. The molecule has 25 heavy (non-hydrogen) atoms. The number of benzene rings is 1. The van der Waals surface area contributed by atoms with Gasteiger partial charge >= 0.3 is 6.18 Å². The van der Waals surface area contributed by atoms with Crippen LogP contribution in [0.1, 0.15) is 43.4 Å². The topological polar surface area (TPSA) is 41.6 Å².